The molecule has 2 rings (SSSR count). The molecule has 1 aromatic carbocycles. The van der Waals surface area contributed by atoms with E-state index in [1.807, 2.05) is 0 Å². The molecule has 0 amide bonds. The Hall–Kier alpha value is -1.03. The molecule has 19 heavy (non-hydrogen) atoms. The topological polar surface area (TPSA) is 12.0 Å². The summed E-state index contributed by atoms with van der Waals surface area (Å²) in [5, 5.41) is 3.43. The van der Waals surface area contributed by atoms with Crippen LogP contribution in [0.4, 0.5) is 13.2 Å². The molecule has 2 unspecified atom stereocenters. The third-order valence-electron chi connectivity index (χ3n) is 4.36. The number of alkyl halides is 3. The lowest BCUT2D eigenvalue weighted by Crippen LogP contribution is -2.55. The van der Waals surface area contributed by atoms with E-state index in [0.717, 1.165) is 18.5 Å². The highest BCUT2D eigenvalue weighted by Crippen LogP contribution is 2.52. The van der Waals surface area contributed by atoms with E-state index in [-0.39, 0.29) is 5.41 Å². The van der Waals surface area contributed by atoms with Gasteiger partial charge in [-0.2, -0.15) is 13.2 Å². The number of hydrogen-bond acceptors (Lipinski definition) is 1. The largest absolute Gasteiger partial charge is 0.416 e. The third kappa shape index (κ3) is 2.64. The van der Waals surface area contributed by atoms with Gasteiger partial charge in [-0.25, -0.2) is 0 Å². The van der Waals surface area contributed by atoms with Crippen LogP contribution in [-0.4, -0.2) is 12.6 Å². The third-order valence-corrected chi connectivity index (χ3v) is 4.36. The van der Waals surface area contributed by atoms with Gasteiger partial charge in [-0.15, -0.1) is 0 Å². The Morgan fingerprint density at radius 2 is 1.79 bits per heavy atom. The predicted molar refractivity (Wildman–Crippen MR) is 70.0 cm³/mol. The monoisotopic (exact) mass is 271 g/mol. The first-order valence-electron chi connectivity index (χ1n) is 6.67. The van der Waals surface area contributed by atoms with Crippen LogP contribution >= 0.6 is 0 Å². The molecular weight excluding hydrogens is 251 g/mol. The maximum Gasteiger partial charge on any atom is 0.416 e. The molecular formula is C15H20F3N. The lowest BCUT2D eigenvalue weighted by atomic mass is 9.56. The first-order valence-corrected chi connectivity index (χ1v) is 6.67. The highest BCUT2D eigenvalue weighted by molar-refractivity contribution is 5.31. The molecule has 1 saturated carbocycles. The number of rotatable bonds is 3. The van der Waals surface area contributed by atoms with Crippen LogP contribution in [-0.2, 0) is 6.18 Å². The van der Waals surface area contributed by atoms with E-state index in [1.165, 1.54) is 12.1 Å². The summed E-state index contributed by atoms with van der Waals surface area (Å²) in [5.74, 6) is 0.332. The molecule has 1 aliphatic rings. The molecule has 0 aromatic heterocycles. The molecule has 0 aliphatic heterocycles. The van der Waals surface area contributed by atoms with Gasteiger partial charge in [-0.3, -0.25) is 0 Å². The fraction of sp³-hybridized carbons (Fsp3) is 0.600. The van der Waals surface area contributed by atoms with Crippen molar-refractivity contribution in [2.24, 2.45) is 5.41 Å². The van der Waals surface area contributed by atoms with Gasteiger partial charge >= 0.3 is 6.18 Å². The molecule has 0 spiro atoms. The fourth-order valence-corrected chi connectivity index (χ4v) is 2.99. The molecule has 1 fully saturated rings. The van der Waals surface area contributed by atoms with Crippen molar-refractivity contribution in [3.8, 4) is 0 Å². The van der Waals surface area contributed by atoms with Crippen molar-refractivity contribution < 1.29 is 13.2 Å². The SMILES string of the molecule is CCNC1CC(c2ccc(C(F)(F)F)cc2)C1(C)C. The van der Waals surface area contributed by atoms with Crippen LogP contribution in [0.15, 0.2) is 24.3 Å². The second-order valence-corrected chi connectivity index (χ2v) is 5.84. The van der Waals surface area contributed by atoms with Crippen LogP contribution in [0, 0.1) is 5.41 Å². The summed E-state index contributed by atoms with van der Waals surface area (Å²) >= 11 is 0. The van der Waals surface area contributed by atoms with E-state index < -0.39 is 11.7 Å². The Balaban J connectivity index is 2.13. The van der Waals surface area contributed by atoms with Crippen LogP contribution in [0.3, 0.4) is 0 Å². The van der Waals surface area contributed by atoms with Crippen molar-refractivity contribution in [1.29, 1.82) is 0 Å². The van der Waals surface area contributed by atoms with Crippen LogP contribution in [0.1, 0.15) is 44.2 Å². The lowest BCUT2D eigenvalue weighted by molar-refractivity contribution is -0.137. The molecule has 2 atom stereocenters. The van der Waals surface area contributed by atoms with Crippen molar-refractivity contribution in [2.75, 3.05) is 6.54 Å². The minimum absolute atomic E-state index is 0.0930. The predicted octanol–water partition coefficient (Wildman–Crippen LogP) is 4.20. The molecule has 1 aromatic rings. The maximum absolute atomic E-state index is 12.5. The van der Waals surface area contributed by atoms with Crippen molar-refractivity contribution in [1.82, 2.24) is 5.32 Å². The first-order chi connectivity index (χ1) is 8.76. The van der Waals surface area contributed by atoms with Gasteiger partial charge in [0.2, 0.25) is 0 Å². The summed E-state index contributed by atoms with van der Waals surface area (Å²) in [7, 11) is 0. The number of nitrogens with one attached hydrogen (secondary N) is 1. The van der Waals surface area contributed by atoms with Crippen molar-refractivity contribution in [3.63, 3.8) is 0 Å². The van der Waals surface area contributed by atoms with E-state index >= 15 is 0 Å². The van der Waals surface area contributed by atoms with Gasteiger partial charge in [0.05, 0.1) is 5.56 Å². The molecule has 0 saturated heterocycles. The number of benzene rings is 1. The Morgan fingerprint density at radius 1 is 1.21 bits per heavy atom. The number of hydrogen-bond donors (Lipinski definition) is 1. The molecule has 0 bridgehead atoms. The minimum Gasteiger partial charge on any atom is -0.314 e. The van der Waals surface area contributed by atoms with E-state index in [2.05, 4.69) is 26.1 Å². The van der Waals surface area contributed by atoms with Crippen molar-refractivity contribution in [2.45, 2.75) is 45.3 Å². The minimum atomic E-state index is -4.25. The fourth-order valence-electron chi connectivity index (χ4n) is 2.99. The quantitative estimate of drug-likeness (QED) is 0.869. The van der Waals surface area contributed by atoms with E-state index in [4.69, 9.17) is 0 Å². The van der Waals surface area contributed by atoms with Gasteiger partial charge in [0.15, 0.2) is 0 Å². The smallest absolute Gasteiger partial charge is 0.314 e. The van der Waals surface area contributed by atoms with Gasteiger partial charge in [-0.1, -0.05) is 32.9 Å². The first kappa shape index (κ1) is 14.4. The van der Waals surface area contributed by atoms with Gasteiger partial charge < -0.3 is 5.32 Å². The highest BCUT2D eigenvalue weighted by atomic mass is 19.4. The van der Waals surface area contributed by atoms with E-state index in [0.29, 0.717) is 12.0 Å². The Bertz CT molecular complexity index is 434. The summed E-state index contributed by atoms with van der Waals surface area (Å²) in [5.41, 5.74) is 0.527. The summed E-state index contributed by atoms with van der Waals surface area (Å²) in [4.78, 5) is 0. The average Bonchev–Trinajstić information content (AvgIpc) is 2.33. The molecule has 1 N–H and O–H groups in total. The molecule has 0 heterocycles. The van der Waals surface area contributed by atoms with Crippen LogP contribution < -0.4 is 5.32 Å². The Kier molecular flexibility index (Phi) is 3.65. The summed E-state index contributed by atoms with van der Waals surface area (Å²) in [6.45, 7) is 7.34. The number of halogens is 3. The molecule has 1 aliphatic carbocycles. The standard InChI is InChI=1S/C15H20F3N/c1-4-19-13-9-12(14(13,2)3)10-5-7-11(8-6-10)15(16,17)18/h5-8,12-13,19H,4,9H2,1-3H3. The second-order valence-electron chi connectivity index (χ2n) is 5.84. The summed E-state index contributed by atoms with van der Waals surface area (Å²) in [6.07, 6.45) is -3.26. The Labute approximate surface area is 112 Å². The van der Waals surface area contributed by atoms with E-state index in [1.54, 1.807) is 12.1 Å². The van der Waals surface area contributed by atoms with Crippen molar-refractivity contribution in [3.05, 3.63) is 35.4 Å². The zero-order chi connectivity index (χ0) is 14.3. The van der Waals surface area contributed by atoms with Crippen LogP contribution in [0.25, 0.3) is 0 Å². The Morgan fingerprint density at radius 3 is 2.21 bits per heavy atom. The molecule has 0 radical (unpaired) electrons. The van der Waals surface area contributed by atoms with Gasteiger partial charge in [0.1, 0.15) is 0 Å². The summed E-state index contributed by atoms with van der Waals surface area (Å²) < 4.78 is 37.6. The molecule has 106 valence electrons. The lowest BCUT2D eigenvalue weighted by Gasteiger charge is -2.53. The molecule has 4 heteroatoms. The van der Waals surface area contributed by atoms with Gasteiger partial charge in [-0.05, 0) is 42.0 Å². The molecule has 1 nitrogen and oxygen atoms in total. The van der Waals surface area contributed by atoms with Gasteiger partial charge in [0, 0.05) is 6.04 Å². The average molecular weight is 271 g/mol. The zero-order valence-corrected chi connectivity index (χ0v) is 11.5. The second kappa shape index (κ2) is 4.82. The zero-order valence-electron chi connectivity index (χ0n) is 11.5. The summed E-state index contributed by atoms with van der Waals surface area (Å²) in [6, 6.07) is 6.07. The maximum atomic E-state index is 12.5. The van der Waals surface area contributed by atoms with Crippen molar-refractivity contribution >= 4 is 0 Å². The van der Waals surface area contributed by atoms with Gasteiger partial charge in [0.25, 0.3) is 0 Å². The normalized spacial score (nSPS) is 26.0. The van der Waals surface area contributed by atoms with Crippen LogP contribution in [0.5, 0.6) is 0 Å². The van der Waals surface area contributed by atoms with Crippen LogP contribution in [0.2, 0.25) is 0 Å². The van der Waals surface area contributed by atoms with E-state index in [9.17, 15) is 13.2 Å². The highest BCUT2D eigenvalue weighted by Gasteiger charge is 2.48.